The van der Waals surface area contributed by atoms with Crippen LogP contribution in [-0.2, 0) is 0 Å². The van der Waals surface area contributed by atoms with Crippen molar-refractivity contribution in [3.63, 3.8) is 0 Å². The number of hydrogen-bond acceptors (Lipinski definition) is 3. The summed E-state index contributed by atoms with van der Waals surface area (Å²) in [7, 11) is 3.11. The Morgan fingerprint density at radius 2 is 1.82 bits per heavy atom. The van der Waals surface area contributed by atoms with Crippen LogP contribution in [0, 0.1) is 29.0 Å². The van der Waals surface area contributed by atoms with Crippen LogP contribution in [0.2, 0.25) is 0 Å². The van der Waals surface area contributed by atoms with Gasteiger partial charge in [0.1, 0.15) is 11.9 Å². The van der Waals surface area contributed by atoms with Gasteiger partial charge in [0.15, 0.2) is 0 Å². The van der Waals surface area contributed by atoms with Crippen molar-refractivity contribution in [1.82, 2.24) is 9.88 Å². The summed E-state index contributed by atoms with van der Waals surface area (Å²) in [6.07, 6.45) is 2.97. The first-order valence-electron chi connectivity index (χ1n) is 6.39. The molecule has 0 aliphatic carbocycles. The predicted octanol–water partition coefficient (Wildman–Crippen LogP) is 2.19. The lowest BCUT2D eigenvalue weighted by atomic mass is 10.1. The van der Waals surface area contributed by atoms with Crippen molar-refractivity contribution in [1.29, 1.82) is 5.26 Å². The Labute approximate surface area is 127 Å². The molecule has 1 amide bonds. The largest absolute Gasteiger partial charge is 0.345 e. The van der Waals surface area contributed by atoms with Crippen molar-refractivity contribution in [2.24, 2.45) is 0 Å². The molecule has 0 spiro atoms. The van der Waals surface area contributed by atoms with Gasteiger partial charge in [0.25, 0.3) is 5.91 Å². The molecule has 2 rings (SSSR count). The number of carbonyl (C=O) groups is 1. The van der Waals surface area contributed by atoms with Crippen LogP contribution in [-0.4, -0.2) is 29.9 Å². The van der Waals surface area contributed by atoms with E-state index in [0.717, 1.165) is 0 Å². The first-order valence-corrected chi connectivity index (χ1v) is 6.39. The second-order valence-electron chi connectivity index (χ2n) is 4.72. The van der Waals surface area contributed by atoms with Crippen molar-refractivity contribution in [3.05, 3.63) is 64.7 Å². The average molecular weight is 293 g/mol. The highest BCUT2D eigenvalue weighted by molar-refractivity contribution is 5.94. The Balaban J connectivity index is 2.35. The van der Waals surface area contributed by atoms with Crippen LogP contribution < -0.4 is 0 Å². The van der Waals surface area contributed by atoms with Crippen LogP contribution in [0.1, 0.15) is 27.0 Å². The van der Waals surface area contributed by atoms with Crippen molar-refractivity contribution < 1.29 is 9.18 Å². The van der Waals surface area contributed by atoms with Gasteiger partial charge < -0.3 is 4.90 Å². The van der Waals surface area contributed by atoms with Gasteiger partial charge in [0.05, 0.1) is 11.1 Å². The summed E-state index contributed by atoms with van der Waals surface area (Å²) in [6, 6.07) is 7.70. The van der Waals surface area contributed by atoms with E-state index in [0.29, 0.717) is 16.7 Å². The maximum absolute atomic E-state index is 13.7. The number of rotatable bonds is 1. The van der Waals surface area contributed by atoms with Gasteiger partial charge in [-0.3, -0.25) is 9.78 Å². The van der Waals surface area contributed by atoms with Crippen LogP contribution in [0.25, 0.3) is 0 Å². The van der Waals surface area contributed by atoms with E-state index >= 15 is 0 Å². The molecule has 1 aromatic carbocycles. The molecule has 0 N–H and O–H groups in total. The van der Waals surface area contributed by atoms with Crippen molar-refractivity contribution in [3.8, 4) is 17.9 Å². The molecule has 0 fully saturated rings. The van der Waals surface area contributed by atoms with E-state index in [1.807, 2.05) is 6.07 Å². The SMILES string of the molecule is CN(C)C(=O)c1cc(C#Cc2cncc(C#N)c2)ccc1F. The molecule has 0 atom stereocenters. The van der Waals surface area contributed by atoms with Crippen LogP contribution in [0.5, 0.6) is 0 Å². The van der Waals surface area contributed by atoms with Gasteiger partial charge in [0, 0.05) is 37.6 Å². The summed E-state index contributed by atoms with van der Waals surface area (Å²) in [4.78, 5) is 17.1. The zero-order chi connectivity index (χ0) is 16.1. The first-order chi connectivity index (χ1) is 10.5. The Kier molecular flexibility index (Phi) is 4.50. The predicted molar refractivity (Wildman–Crippen MR) is 79.3 cm³/mol. The summed E-state index contributed by atoms with van der Waals surface area (Å²) >= 11 is 0. The molecule has 1 aromatic heterocycles. The average Bonchev–Trinajstić information content (AvgIpc) is 2.53. The molecule has 108 valence electrons. The monoisotopic (exact) mass is 293 g/mol. The minimum absolute atomic E-state index is 0.0271. The molecule has 22 heavy (non-hydrogen) atoms. The standard InChI is InChI=1S/C17H12FN3O/c1-21(2)17(22)15-8-12(5-6-16(15)18)3-4-13-7-14(9-19)11-20-10-13/h5-8,10-11H,1-2H3. The normalized spacial score (nSPS) is 9.36. The van der Waals surface area contributed by atoms with E-state index in [1.165, 1.54) is 35.5 Å². The van der Waals surface area contributed by atoms with Gasteiger partial charge in [-0.2, -0.15) is 5.26 Å². The number of hydrogen-bond donors (Lipinski definition) is 0. The fraction of sp³-hybridized carbons (Fsp3) is 0.118. The number of carbonyl (C=O) groups excluding carboxylic acids is 1. The van der Waals surface area contributed by atoms with E-state index in [9.17, 15) is 9.18 Å². The van der Waals surface area contributed by atoms with Crippen LogP contribution in [0.15, 0.2) is 36.7 Å². The molecule has 0 radical (unpaired) electrons. The summed E-state index contributed by atoms with van der Waals surface area (Å²) in [5, 5.41) is 8.81. The van der Waals surface area contributed by atoms with E-state index < -0.39 is 11.7 Å². The molecule has 0 bridgehead atoms. The highest BCUT2D eigenvalue weighted by atomic mass is 19.1. The summed E-state index contributed by atoms with van der Waals surface area (Å²) < 4.78 is 13.7. The number of amides is 1. The Hall–Kier alpha value is -3.18. The highest BCUT2D eigenvalue weighted by Gasteiger charge is 2.13. The topological polar surface area (TPSA) is 57.0 Å². The number of pyridine rings is 1. The quantitative estimate of drug-likeness (QED) is 0.757. The van der Waals surface area contributed by atoms with E-state index in [1.54, 1.807) is 20.2 Å². The zero-order valence-electron chi connectivity index (χ0n) is 12.1. The Bertz CT molecular complexity index is 826. The van der Waals surface area contributed by atoms with Crippen LogP contribution in [0.4, 0.5) is 4.39 Å². The van der Waals surface area contributed by atoms with Crippen LogP contribution >= 0.6 is 0 Å². The number of nitrogens with zero attached hydrogens (tertiary/aromatic N) is 3. The smallest absolute Gasteiger partial charge is 0.256 e. The number of nitriles is 1. The van der Waals surface area contributed by atoms with Gasteiger partial charge in [-0.15, -0.1) is 0 Å². The molecular formula is C17H12FN3O. The summed E-state index contributed by atoms with van der Waals surface area (Å²) in [6.45, 7) is 0. The van der Waals surface area contributed by atoms with Gasteiger partial charge in [-0.05, 0) is 24.3 Å². The fourth-order valence-electron chi connectivity index (χ4n) is 1.72. The highest BCUT2D eigenvalue weighted by Crippen LogP contribution is 2.12. The molecule has 0 aliphatic rings. The minimum Gasteiger partial charge on any atom is -0.345 e. The number of aromatic nitrogens is 1. The molecule has 2 aromatic rings. The van der Waals surface area contributed by atoms with Gasteiger partial charge in [-0.1, -0.05) is 11.8 Å². The number of halogens is 1. The van der Waals surface area contributed by atoms with Crippen molar-refractivity contribution in [2.45, 2.75) is 0 Å². The first kappa shape index (κ1) is 15.2. The lowest BCUT2D eigenvalue weighted by Gasteiger charge is -2.10. The molecule has 4 nitrogen and oxygen atoms in total. The second kappa shape index (κ2) is 6.51. The molecule has 5 heteroatoms. The van der Waals surface area contributed by atoms with Gasteiger partial charge >= 0.3 is 0 Å². The van der Waals surface area contributed by atoms with Crippen molar-refractivity contribution in [2.75, 3.05) is 14.1 Å². The second-order valence-corrected chi connectivity index (χ2v) is 4.72. The molecule has 0 saturated heterocycles. The zero-order valence-corrected chi connectivity index (χ0v) is 12.1. The lowest BCUT2D eigenvalue weighted by Crippen LogP contribution is -2.22. The van der Waals surface area contributed by atoms with Crippen LogP contribution in [0.3, 0.4) is 0 Å². The maximum Gasteiger partial charge on any atom is 0.256 e. The molecule has 0 unspecified atom stereocenters. The third kappa shape index (κ3) is 3.47. The third-order valence-electron chi connectivity index (χ3n) is 2.82. The molecular weight excluding hydrogens is 281 g/mol. The maximum atomic E-state index is 13.7. The fourth-order valence-corrected chi connectivity index (χ4v) is 1.72. The Morgan fingerprint density at radius 1 is 1.14 bits per heavy atom. The molecule has 0 aliphatic heterocycles. The molecule has 0 saturated carbocycles. The molecule has 1 heterocycles. The summed E-state index contributed by atoms with van der Waals surface area (Å²) in [5.74, 6) is 4.67. The lowest BCUT2D eigenvalue weighted by molar-refractivity contribution is 0.0823. The van der Waals surface area contributed by atoms with E-state index in [2.05, 4.69) is 16.8 Å². The summed E-state index contributed by atoms with van der Waals surface area (Å²) in [5.41, 5.74) is 1.47. The third-order valence-corrected chi connectivity index (χ3v) is 2.82. The van der Waals surface area contributed by atoms with Gasteiger partial charge in [0.2, 0.25) is 0 Å². The number of benzene rings is 1. The van der Waals surface area contributed by atoms with E-state index in [4.69, 9.17) is 5.26 Å². The minimum atomic E-state index is -0.586. The Morgan fingerprint density at radius 3 is 2.50 bits per heavy atom. The van der Waals surface area contributed by atoms with Gasteiger partial charge in [-0.25, -0.2) is 4.39 Å². The van der Waals surface area contributed by atoms with Crippen molar-refractivity contribution >= 4 is 5.91 Å². The van der Waals surface area contributed by atoms with E-state index in [-0.39, 0.29) is 5.56 Å².